The Bertz CT molecular complexity index is 987. The molecule has 0 aliphatic heterocycles. The van der Waals surface area contributed by atoms with Crippen molar-refractivity contribution in [3.05, 3.63) is 64.6 Å². The third kappa shape index (κ3) is 3.73. The molecule has 0 fully saturated rings. The molecule has 1 aliphatic rings. The largest absolute Gasteiger partial charge is 0.416 e. The number of carbonyl (C=O) groups excluding carboxylic acids is 1. The number of aromatic nitrogens is 3. The van der Waals surface area contributed by atoms with Gasteiger partial charge in [0, 0.05) is 42.1 Å². The number of pyridine rings is 1. The first kappa shape index (κ1) is 18.5. The summed E-state index contributed by atoms with van der Waals surface area (Å²) < 4.78 is 5.67. The number of rotatable bonds is 5. The number of nitrogens with one attached hydrogen (secondary N) is 1. The number of likely N-dealkylation sites (N-methyl/N-ethyl adjacent to an activating group) is 1. The van der Waals surface area contributed by atoms with Crippen molar-refractivity contribution < 1.29 is 9.53 Å². The highest BCUT2D eigenvalue weighted by atomic mass is 35.5. The molecule has 3 aromatic rings. The lowest BCUT2D eigenvalue weighted by Crippen LogP contribution is -2.35. The van der Waals surface area contributed by atoms with E-state index in [1.54, 1.807) is 11.1 Å². The van der Waals surface area contributed by atoms with E-state index in [1.807, 2.05) is 43.3 Å². The maximum atomic E-state index is 12.7. The summed E-state index contributed by atoms with van der Waals surface area (Å²) in [4.78, 5) is 18.7. The van der Waals surface area contributed by atoms with Crippen LogP contribution in [0.5, 0.6) is 5.88 Å². The summed E-state index contributed by atoms with van der Waals surface area (Å²) in [5.74, 6) is 0.319. The summed E-state index contributed by atoms with van der Waals surface area (Å²) in [5.41, 5.74) is 4.93. The van der Waals surface area contributed by atoms with Crippen LogP contribution in [0.1, 0.15) is 23.9 Å². The second-order valence-corrected chi connectivity index (χ2v) is 7.14. The maximum absolute atomic E-state index is 12.7. The Morgan fingerprint density at radius 2 is 2.18 bits per heavy atom. The summed E-state index contributed by atoms with van der Waals surface area (Å²) in [5, 5.41) is 7.97. The molecule has 144 valence electrons. The van der Waals surface area contributed by atoms with E-state index >= 15 is 0 Å². The summed E-state index contributed by atoms with van der Waals surface area (Å²) in [6.45, 7) is 3.01. The van der Waals surface area contributed by atoms with Crippen LogP contribution in [0.3, 0.4) is 0 Å². The molecule has 0 saturated carbocycles. The van der Waals surface area contributed by atoms with Gasteiger partial charge < -0.3 is 9.64 Å². The fraction of sp³-hybridized carbons (Fsp3) is 0.286. The Morgan fingerprint density at radius 1 is 1.29 bits per heavy atom. The van der Waals surface area contributed by atoms with Gasteiger partial charge in [-0.1, -0.05) is 23.7 Å². The molecule has 28 heavy (non-hydrogen) atoms. The summed E-state index contributed by atoms with van der Waals surface area (Å²) in [6.07, 6.45) is 3.70. The Labute approximate surface area is 168 Å². The predicted octanol–water partition coefficient (Wildman–Crippen LogP) is 4.29. The van der Waals surface area contributed by atoms with Crippen LogP contribution in [0.15, 0.2) is 42.6 Å². The molecule has 0 spiro atoms. The number of H-pyrrole nitrogens is 1. The summed E-state index contributed by atoms with van der Waals surface area (Å²) in [7, 11) is 0. The monoisotopic (exact) mass is 396 g/mol. The minimum atomic E-state index is -0.409. The number of ether oxygens (including phenoxy) is 1. The highest BCUT2D eigenvalue weighted by molar-refractivity contribution is 6.30. The maximum Gasteiger partial charge on any atom is 0.416 e. The number of hydrogen-bond donors (Lipinski definition) is 1. The van der Waals surface area contributed by atoms with Crippen molar-refractivity contribution in [2.24, 2.45) is 0 Å². The molecule has 2 aromatic heterocycles. The Morgan fingerprint density at radius 3 is 2.96 bits per heavy atom. The second kappa shape index (κ2) is 8.02. The van der Waals surface area contributed by atoms with Crippen molar-refractivity contribution in [3.63, 3.8) is 0 Å². The number of fused-ring (bicyclic) bond motifs is 3. The average Bonchev–Trinajstić information content (AvgIpc) is 3.12. The number of carbonyl (C=O) groups is 1. The lowest BCUT2D eigenvalue weighted by atomic mass is 9.90. The smallest absolute Gasteiger partial charge is 0.389 e. The number of aryl methyl sites for hydroxylation is 2. The van der Waals surface area contributed by atoms with Crippen molar-refractivity contribution in [3.8, 4) is 17.0 Å². The molecule has 0 radical (unpaired) electrons. The molecule has 0 atom stereocenters. The molecule has 1 aromatic carbocycles. The van der Waals surface area contributed by atoms with Crippen LogP contribution < -0.4 is 4.74 Å². The van der Waals surface area contributed by atoms with Gasteiger partial charge in [0.1, 0.15) is 0 Å². The van der Waals surface area contributed by atoms with Crippen molar-refractivity contribution in [2.45, 2.75) is 26.2 Å². The molecule has 1 N–H and O–H groups in total. The van der Waals surface area contributed by atoms with Crippen LogP contribution in [-0.2, 0) is 19.3 Å². The lowest BCUT2D eigenvalue weighted by molar-refractivity contribution is 0.153. The minimum absolute atomic E-state index is 0.319. The SMILES string of the molecule is CCN(CCc1ccccn1)C(=O)Oc1n[nH]c2c1-c1ccc(Cl)cc1CC2. The molecule has 0 unspecified atom stereocenters. The van der Waals surface area contributed by atoms with E-state index in [2.05, 4.69) is 15.2 Å². The van der Waals surface area contributed by atoms with Gasteiger partial charge in [-0.3, -0.25) is 10.1 Å². The van der Waals surface area contributed by atoms with Gasteiger partial charge in [0.05, 0.1) is 5.56 Å². The molecule has 7 heteroatoms. The number of benzene rings is 1. The van der Waals surface area contributed by atoms with Crippen molar-refractivity contribution >= 4 is 17.7 Å². The molecule has 0 bridgehead atoms. The normalized spacial score (nSPS) is 12.2. The Kier molecular flexibility index (Phi) is 5.30. The zero-order valence-electron chi connectivity index (χ0n) is 15.6. The zero-order valence-corrected chi connectivity index (χ0v) is 16.4. The van der Waals surface area contributed by atoms with E-state index in [0.29, 0.717) is 30.4 Å². The molecular formula is C21H21ClN4O2. The van der Waals surface area contributed by atoms with Crippen molar-refractivity contribution in [2.75, 3.05) is 13.1 Å². The van der Waals surface area contributed by atoms with Gasteiger partial charge >= 0.3 is 6.09 Å². The van der Waals surface area contributed by atoms with Gasteiger partial charge in [0.25, 0.3) is 5.88 Å². The topological polar surface area (TPSA) is 71.1 Å². The number of halogens is 1. The zero-order chi connectivity index (χ0) is 19.5. The highest BCUT2D eigenvalue weighted by Crippen LogP contribution is 2.39. The predicted molar refractivity (Wildman–Crippen MR) is 108 cm³/mol. The average molecular weight is 397 g/mol. The van der Waals surface area contributed by atoms with Crippen LogP contribution >= 0.6 is 11.6 Å². The van der Waals surface area contributed by atoms with E-state index in [0.717, 1.165) is 40.9 Å². The quantitative estimate of drug-likeness (QED) is 0.698. The second-order valence-electron chi connectivity index (χ2n) is 6.70. The van der Waals surface area contributed by atoms with E-state index in [4.69, 9.17) is 16.3 Å². The van der Waals surface area contributed by atoms with Crippen LogP contribution in [0, 0.1) is 0 Å². The van der Waals surface area contributed by atoms with E-state index in [1.165, 1.54) is 0 Å². The Hall–Kier alpha value is -2.86. The first-order valence-electron chi connectivity index (χ1n) is 9.38. The number of hydrogen-bond acceptors (Lipinski definition) is 4. The fourth-order valence-electron chi connectivity index (χ4n) is 3.49. The molecular weight excluding hydrogens is 376 g/mol. The van der Waals surface area contributed by atoms with Crippen molar-refractivity contribution in [1.29, 1.82) is 0 Å². The van der Waals surface area contributed by atoms with E-state index in [-0.39, 0.29) is 0 Å². The van der Waals surface area contributed by atoms with E-state index in [9.17, 15) is 4.79 Å². The van der Waals surface area contributed by atoms with Gasteiger partial charge in [-0.25, -0.2) is 4.79 Å². The molecule has 1 aliphatic carbocycles. The number of aromatic amines is 1. The lowest BCUT2D eigenvalue weighted by Gasteiger charge is -2.21. The van der Waals surface area contributed by atoms with Crippen LogP contribution in [0.2, 0.25) is 5.02 Å². The molecule has 1 amide bonds. The highest BCUT2D eigenvalue weighted by Gasteiger charge is 2.26. The third-order valence-electron chi connectivity index (χ3n) is 4.98. The van der Waals surface area contributed by atoms with E-state index < -0.39 is 6.09 Å². The van der Waals surface area contributed by atoms with Crippen LogP contribution in [-0.4, -0.2) is 39.3 Å². The summed E-state index contributed by atoms with van der Waals surface area (Å²) in [6, 6.07) is 11.5. The first-order valence-corrected chi connectivity index (χ1v) is 9.76. The van der Waals surface area contributed by atoms with Crippen LogP contribution in [0.25, 0.3) is 11.1 Å². The van der Waals surface area contributed by atoms with Gasteiger partial charge in [-0.15, -0.1) is 5.10 Å². The van der Waals surface area contributed by atoms with Gasteiger partial charge in [-0.05, 0) is 55.2 Å². The van der Waals surface area contributed by atoms with Gasteiger partial charge in [0.15, 0.2) is 0 Å². The fourth-order valence-corrected chi connectivity index (χ4v) is 3.68. The summed E-state index contributed by atoms with van der Waals surface area (Å²) >= 11 is 6.13. The molecule has 6 nitrogen and oxygen atoms in total. The van der Waals surface area contributed by atoms with Gasteiger partial charge in [-0.2, -0.15) is 0 Å². The molecule has 4 rings (SSSR count). The van der Waals surface area contributed by atoms with Crippen LogP contribution in [0.4, 0.5) is 4.79 Å². The number of amides is 1. The standard InChI is InChI=1S/C21H21ClN4O2/c1-2-26(12-10-16-5-3-4-11-23-16)21(27)28-20-19-17-8-7-15(22)13-14(17)6-9-18(19)24-25-20/h3-5,7-8,11,13H,2,6,9-10,12H2,1H3,(H,24,25). The first-order chi connectivity index (χ1) is 13.7. The minimum Gasteiger partial charge on any atom is -0.389 e. The van der Waals surface area contributed by atoms with Crippen molar-refractivity contribution in [1.82, 2.24) is 20.1 Å². The van der Waals surface area contributed by atoms with Gasteiger partial charge in [0.2, 0.25) is 0 Å². The molecule has 0 saturated heterocycles. The number of nitrogens with zero attached hydrogens (tertiary/aromatic N) is 3. The third-order valence-corrected chi connectivity index (χ3v) is 5.21. The Balaban J connectivity index is 1.51. The molecule has 2 heterocycles.